The minimum atomic E-state index is -4.12. The van der Waals surface area contributed by atoms with Crippen LogP contribution < -0.4 is 4.90 Å². The lowest BCUT2D eigenvalue weighted by molar-refractivity contribution is -0.146. The van der Waals surface area contributed by atoms with Crippen molar-refractivity contribution in [2.75, 3.05) is 37.6 Å². The molecule has 1 saturated heterocycles. The van der Waals surface area contributed by atoms with Crippen molar-refractivity contribution in [3.05, 3.63) is 29.8 Å². The Balaban J connectivity index is 1.88. The molecule has 106 valence electrons. The molecule has 1 aliphatic rings. The molecule has 19 heavy (non-hydrogen) atoms. The van der Waals surface area contributed by atoms with Crippen molar-refractivity contribution in [2.24, 2.45) is 0 Å². The molecule has 0 amide bonds. The van der Waals surface area contributed by atoms with Gasteiger partial charge >= 0.3 is 6.18 Å². The molecule has 1 N–H and O–H groups in total. The van der Waals surface area contributed by atoms with Crippen LogP contribution in [-0.4, -0.2) is 48.9 Å². The maximum absolute atomic E-state index is 12.3. The fourth-order valence-electron chi connectivity index (χ4n) is 2.23. The molecule has 0 unspecified atom stereocenters. The summed E-state index contributed by atoms with van der Waals surface area (Å²) >= 11 is 0. The predicted molar refractivity (Wildman–Crippen MR) is 67.1 cm³/mol. The van der Waals surface area contributed by atoms with E-state index in [0.29, 0.717) is 26.2 Å². The summed E-state index contributed by atoms with van der Waals surface area (Å²) in [6, 6.07) is 7.45. The summed E-state index contributed by atoms with van der Waals surface area (Å²) in [6.45, 7) is 1.19. The third kappa shape index (κ3) is 4.11. The molecule has 0 atom stereocenters. The van der Waals surface area contributed by atoms with Crippen LogP contribution >= 0.6 is 0 Å². The van der Waals surface area contributed by atoms with Crippen molar-refractivity contribution in [2.45, 2.75) is 12.8 Å². The van der Waals surface area contributed by atoms with Gasteiger partial charge in [0.1, 0.15) is 0 Å². The van der Waals surface area contributed by atoms with Crippen LogP contribution in [0.25, 0.3) is 0 Å². The zero-order valence-electron chi connectivity index (χ0n) is 10.5. The van der Waals surface area contributed by atoms with E-state index in [4.69, 9.17) is 5.11 Å². The lowest BCUT2D eigenvalue weighted by Crippen LogP contribution is -2.49. The average molecular weight is 274 g/mol. The van der Waals surface area contributed by atoms with Crippen molar-refractivity contribution in [1.29, 1.82) is 0 Å². The number of aliphatic hydroxyl groups excluding tert-OH is 1. The predicted octanol–water partition coefficient (Wildman–Crippen LogP) is 1.86. The van der Waals surface area contributed by atoms with Gasteiger partial charge in [-0.1, -0.05) is 12.1 Å². The average Bonchev–Trinajstić information content (AvgIpc) is 2.38. The minimum Gasteiger partial charge on any atom is -0.392 e. The van der Waals surface area contributed by atoms with E-state index in [1.807, 2.05) is 24.3 Å². The first-order valence-electron chi connectivity index (χ1n) is 6.22. The quantitative estimate of drug-likeness (QED) is 0.911. The Labute approximate surface area is 110 Å². The van der Waals surface area contributed by atoms with E-state index in [1.165, 1.54) is 4.90 Å². The zero-order chi connectivity index (χ0) is 13.9. The van der Waals surface area contributed by atoms with Crippen molar-refractivity contribution in [1.82, 2.24) is 4.90 Å². The number of alkyl halides is 3. The molecular weight excluding hydrogens is 257 g/mol. The lowest BCUT2D eigenvalue weighted by Gasteiger charge is -2.36. The SMILES string of the molecule is OCc1ccc(N2CCN(CC(F)(F)F)CC2)cc1. The van der Waals surface area contributed by atoms with Gasteiger partial charge in [-0.05, 0) is 17.7 Å². The molecule has 0 saturated carbocycles. The Bertz CT molecular complexity index is 397. The van der Waals surface area contributed by atoms with Gasteiger partial charge in [-0.25, -0.2) is 0 Å². The van der Waals surface area contributed by atoms with Gasteiger partial charge in [0.15, 0.2) is 0 Å². The number of anilines is 1. The van der Waals surface area contributed by atoms with E-state index < -0.39 is 12.7 Å². The number of benzene rings is 1. The van der Waals surface area contributed by atoms with Crippen LogP contribution in [0.4, 0.5) is 18.9 Å². The lowest BCUT2D eigenvalue weighted by atomic mass is 10.2. The number of hydrogen-bond acceptors (Lipinski definition) is 3. The third-order valence-electron chi connectivity index (χ3n) is 3.26. The van der Waals surface area contributed by atoms with E-state index in [1.54, 1.807) is 0 Å². The molecule has 1 aromatic carbocycles. The maximum Gasteiger partial charge on any atom is 0.401 e. The third-order valence-corrected chi connectivity index (χ3v) is 3.26. The molecule has 0 radical (unpaired) electrons. The normalized spacial score (nSPS) is 17.8. The van der Waals surface area contributed by atoms with E-state index in [9.17, 15) is 13.2 Å². The summed E-state index contributed by atoms with van der Waals surface area (Å²) in [4.78, 5) is 3.49. The van der Waals surface area contributed by atoms with Gasteiger partial charge < -0.3 is 10.0 Å². The summed E-state index contributed by atoms with van der Waals surface area (Å²) in [7, 11) is 0. The number of hydrogen-bond donors (Lipinski definition) is 1. The number of rotatable bonds is 3. The Hall–Kier alpha value is -1.27. The number of piperazine rings is 1. The minimum absolute atomic E-state index is 0.000357. The van der Waals surface area contributed by atoms with E-state index in [-0.39, 0.29) is 6.61 Å². The van der Waals surface area contributed by atoms with Crippen LogP contribution in [0.2, 0.25) is 0 Å². The molecule has 0 bridgehead atoms. The van der Waals surface area contributed by atoms with Crippen LogP contribution in [0, 0.1) is 0 Å². The Kier molecular flexibility index (Phi) is 4.31. The van der Waals surface area contributed by atoms with Crippen LogP contribution in [-0.2, 0) is 6.61 Å². The number of halogens is 3. The van der Waals surface area contributed by atoms with Crippen LogP contribution in [0.3, 0.4) is 0 Å². The molecule has 1 aliphatic heterocycles. The smallest absolute Gasteiger partial charge is 0.392 e. The van der Waals surface area contributed by atoms with Gasteiger partial charge in [0.2, 0.25) is 0 Å². The van der Waals surface area contributed by atoms with Gasteiger partial charge in [0.05, 0.1) is 13.2 Å². The highest BCUT2D eigenvalue weighted by Gasteiger charge is 2.32. The standard InChI is InChI=1S/C13H17F3N2O/c14-13(15,16)10-17-5-7-18(8-6-17)12-3-1-11(9-19)2-4-12/h1-4,19H,5-10H2. The maximum atomic E-state index is 12.3. The molecule has 0 aliphatic carbocycles. The van der Waals surface area contributed by atoms with Gasteiger partial charge in [-0.2, -0.15) is 13.2 Å². The first-order chi connectivity index (χ1) is 8.98. The monoisotopic (exact) mass is 274 g/mol. The molecule has 3 nitrogen and oxygen atoms in total. The molecule has 0 spiro atoms. The van der Waals surface area contributed by atoms with Gasteiger partial charge in [-0.15, -0.1) is 0 Å². The summed E-state index contributed by atoms with van der Waals surface area (Å²) in [5.74, 6) is 0. The second-order valence-electron chi connectivity index (χ2n) is 4.70. The summed E-state index contributed by atoms with van der Waals surface area (Å²) in [5.41, 5.74) is 1.82. The van der Waals surface area contributed by atoms with Gasteiger partial charge in [-0.3, -0.25) is 4.90 Å². The zero-order valence-corrected chi connectivity index (χ0v) is 10.5. The van der Waals surface area contributed by atoms with Crippen LogP contribution in [0.15, 0.2) is 24.3 Å². The Morgan fingerprint density at radius 2 is 1.58 bits per heavy atom. The Morgan fingerprint density at radius 1 is 1.00 bits per heavy atom. The topological polar surface area (TPSA) is 26.7 Å². The van der Waals surface area contributed by atoms with E-state index in [2.05, 4.69) is 4.90 Å². The molecule has 0 aromatic heterocycles. The van der Waals surface area contributed by atoms with Crippen LogP contribution in [0.5, 0.6) is 0 Å². The molecule has 6 heteroatoms. The van der Waals surface area contributed by atoms with Crippen molar-refractivity contribution >= 4 is 5.69 Å². The van der Waals surface area contributed by atoms with Crippen molar-refractivity contribution in [3.63, 3.8) is 0 Å². The van der Waals surface area contributed by atoms with Crippen LogP contribution in [0.1, 0.15) is 5.56 Å². The van der Waals surface area contributed by atoms with Crippen molar-refractivity contribution in [3.8, 4) is 0 Å². The van der Waals surface area contributed by atoms with Gasteiger partial charge in [0, 0.05) is 31.9 Å². The second kappa shape index (κ2) is 5.79. The first-order valence-corrected chi connectivity index (χ1v) is 6.22. The molecule has 1 heterocycles. The summed E-state index contributed by atoms with van der Waals surface area (Å²) in [5, 5.41) is 8.95. The molecule has 1 fully saturated rings. The largest absolute Gasteiger partial charge is 0.401 e. The second-order valence-corrected chi connectivity index (χ2v) is 4.70. The highest BCUT2D eigenvalue weighted by atomic mass is 19.4. The fourth-order valence-corrected chi connectivity index (χ4v) is 2.23. The fraction of sp³-hybridized carbons (Fsp3) is 0.538. The molecule has 2 rings (SSSR count). The molecular formula is C13H17F3N2O. The summed E-state index contributed by atoms with van der Waals surface area (Å²) < 4.78 is 36.8. The van der Waals surface area contributed by atoms with Crippen molar-refractivity contribution < 1.29 is 18.3 Å². The van der Waals surface area contributed by atoms with Gasteiger partial charge in [0.25, 0.3) is 0 Å². The highest BCUT2D eigenvalue weighted by Crippen LogP contribution is 2.20. The number of aliphatic hydroxyl groups is 1. The first kappa shape index (κ1) is 14.1. The van der Waals surface area contributed by atoms with E-state index in [0.717, 1.165) is 11.3 Å². The highest BCUT2D eigenvalue weighted by molar-refractivity contribution is 5.48. The number of nitrogens with zero attached hydrogens (tertiary/aromatic N) is 2. The van der Waals surface area contributed by atoms with E-state index >= 15 is 0 Å². The molecule has 1 aromatic rings. The Morgan fingerprint density at radius 3 is 2.05 bits per heavy atom. The summed E-state index contributed by atoms with van der Waals surface area (Å²) in [6.07, 6.45) is -4.12.